The molecule has 0 bridgehead atoms. The van der Waals surface area contributed by atoms with Gasteiger partial charge < -0.3 is 96.9 Å². The second kappa shape index (κ2) is 44.3. The summed E-state index contributed by atoms with van der Waals surface area (Å²) in [4.78, 5) is 180. The van der Waals surface area contributed by atoms with E-state index in [0.29, 0.717) is 32.2 Å². The molecule has 0 aromatic carbocycles. The van der Waals surface area contributed by atoms with Crippen molar-refractivity contribution >= 4 is 95.4 Å². The Morgan fingerprint density at radius 3 is 1.20 bits per heavy atom. The van der Waals surface area contributed by atoms with Crippen LogP contribution in [0.25, 0.3) is 0 Å². The van der Waals surface area contributed by atoms with E-state index in [0.717, 1.165) is 0 Å². The first-order valence-corrected chi connectivity index (χ1v) is 32.6. The van der Waals surface area contributed by atoms with E-state index in [1.807, 2.05) is 0 Å². The minimum absolute atomic E-state index is 0.0166. The number of carboxylic acid groups (broad SMARTS) is 1. The van der Waals surface area contributed by atoms with Gasteiger partial charge in [0.1, 0.15) is 60.4 Å². The Labute approximate surface area is 552 Å². The number of hydrogen-bond acceptors (Lipinski definition) is 18. The molecule has 0 aliphatic carbocycles. The van der Waals surface area contributed by atoms with Gasteiger partial charge in [0.15, 0.2) is 5.96 Å². The van der Waals surface area contributed by atoms with Crippen molar-refractivity contribution in [3.8, 4) is 0 Å². The molecule has 2 unspecified atom stereocenters. The summed E-state index contributed by atoms with van der Waals surface area (Å²) in [7, 11) is 0. The number of aliphatic hydroxyl groups excluding tert-OH is 1. The number of nitrogens with two attached hydrogens (primary N) is 4. The summed E-state index contributed by atoms with van der Waals surface area (Å²) in [6.45, 7) is 21.7. The van der Waals surface area contributed by atoms with Gasteiger partial charge in [-0.1, -0.05) is 110 Å². The lowest BCUT2D eigenvalue weighted by Gasteiger charge is -2.31. The number of carboxylic acids is 1. The molecule has 532 valence electrons. The normalized spacial score (nSPS) is 15.6. The van der Waals surface area contributed by atoms with Crippen molar-refractivity contribution in [2.75, 3.05) is 38.5 Å². The highest BCUT2D eigenvalue weighted by Crippen LogP contribution is 2.16. The van der Waals surface area contributed by atoms with Gasteiger partial charge in [0, 0.05) is 12.3 Å². The monoisotopic (exact) mass is 1340 g/mol. The van der Waals surface area contributed by atoms with Crippen LogP contribution in [0.4, 0.5) is 0 Å². The van der Waals surface area contributed by atoms with Gasteiger partial charge in [-0.3, -0.25) is 62.5 Å². The zero-order valence-corrected chi connectivity index (χ0v) is 57.6. The molecule has 0 fully saturated rings. The third-order valence-electron chi connectivity index (χ3n) is 15.3. The van der Waals surface area contributed by atoms with Gasteiger partial charge in [-0.05, 0) is 86.5 Å². The van der Waals surface area contributed by atoms with Crippen LogP contribution in [0.2, 0.25) is 0 Å². The van der Waals surface area contributed by atoms with Crippen LogP contribution < -0.4 is 86.7 Å². The fourth-order valence-corrected chi connectivity index (χ4v) is 9.29. The van der Waals surface area contributed by atoms with Crippen LogP contribution in [0.3, 0.4) is 0 Å². The number of carbonyl (C=O) groups excluding carboxylic acids is 12. The predicted molar refractivity (Wildman–Crippen MR) is 352 cm³/mol. The molecule has 93 heavy (non-hydrogen) atoms. The van der Waals surface area contributed by atoms with Crippen molar-refractivity contribution in [2.24, 2.45) is 69.4 Å². The number of aliphatic imine (C=N–C) groups is 1. The number of aliphatic hydroxyl groups is 1. The van der Waals surface area contributed by atoms with E-state index in [4.69, 9.17) is 22.9 Å². The summed E-state index contributed by atoms with van der Waals surface area (Å²) in [5, 5.41) is 50.4. The predicted octanol–water partition coefficient (Wildman–Crippen LogP) is -3.65. The second-order valence-corrected chi connectivity index (χ2v) is 25.5. The number of nitrogens with zero attached hydrogens (tertiary/aromatic N) is 1. The summed E-state index contributed by atoms with van der Waals surface area (Å²) in [5.74, 6) is -14.5. The van der Waals surface area contributed by atoms with E-state index >= 15 is 0 Å². The van der Waals surface area contributed by atoms with E-state index in [9.17, 15) is 72.5 Å². The number of aliphatic carboxylic acids is 1. The van der Waals surface area contributed by atoms with Crippen molar-refractivity contribution in [1.29, 1.82) is 0 Å². The fraction of sp³-hybridized carbons (Fsp3) is 0.767. The van der Waals surface area contributed by atoms with Crippen molar-refractivity contribution < 1.29 is 72.5 Å². The molecule has 32 nitrogen and oxygen atoms in total. The molecule has 0 saturated heterocycles. The molecule has 13 atom stereocenters. The number of hydrogen-bond donors (Lipinski definition) is 19. The Kier molecular flexibility index (Phi) is 40.7. The third kappa shape index (κ3) is 31.9. The number of thiol groups is 1. The van der Waals surface area contributed by atoms with Crippen molar-refractivity contribution in [1.82, 2.24) is 63.8 Å². The molecular weight excluding hydrogens is 1230 g/mol. The Hall–Kier alpha value is -7.39. The van der Waals surface area contributed by atoms with Crippen molar-refractivity contribution in [2.45, 2.75) is 215 Å². The summed E-state index contributed by atoms with van der Waals surface area (Å²) < 4.78 is 0. The highest BCUT2D eigenvalue weighted by Gasteiger charge is 2.39. The van der Waals surface area contributed by atoms with Gasteiger partial charge in [-0.15, -0.1) is 0 Å². The maximum Gasteiger partial charge on any atom is 0.326 e. The van der Waals surface area contributed by atoms with E-state index in [-0.39, 0.29) is 49.9 Å². The number of guanidine groups is 1. The molecule has 0 spiro atoms. The number of amides is 12. The number of nitrogens with one attached hydrogen (secondary N) is 12. The molecule has 0 radical (unpaired) electrons. The molecule has 0 aliphatic rings. The highest BCUT2D eigenvalue weighted by molar-refractivity contribution is 7.80. The largest absolute Gasteiger partial charge is 0.480 e. The Balaban J connectivity index is 6.52. The van der Waals surface area contributed by atoms with Crippen LogP contribution in [-0.2, 0) is 62.3 Å². The molecule has 0 rings (SSSR count). The zero-order valence-electron chi connectivity index (χ0n) is 56.7. The molecule has 33 heteroatoms. The minimum atomic E-state index is -1.61. The first-order chi connectivity index (χ1) is 43.4. The Morgan fingerprint density at radius 2 is 0.806 bits per heavy atom. The molecule has 0 saturated carbocycles. The molecule has 0 aromatic rings. The highest BCUT2D eigenvalue weighted by atomic mass is 32.1. The molecule has 0 heterocycles. The van der Waals surface area contributed by atoms with Gasteiger partial charge >= 0.3 is 5.97 Å². The molecule has 22 N–H and O–H groups in total. The fourth-order valence-electron chi connectivity index (χ4n) is 9.12. The lowest BCUT2D eigenvalue weighted by atomic mass is 9.95. The zero-order chi connectivity index (χ0) is 71.6. The summed E-state index contributed by atoms with van der Waals surface area (Å²) in [5.41, 5.74) is 22.4. The maximum atomic E-state index is 14.3. The Morgan fingerprint density at radius 1 is 0.441 bits per heavy atom. The van der Waals surface area contributed by atoms with E-state index in [2.05, 4.69) is 81.4 Å². The van der Waals surface area contributed by atoms with E-state index in [1.54, 1.807) is 96.9 Å². The van der Waals surface area contributed by atoms with Crippen molar-refractivity contribution in [3.63, 3.8) is 0 Å². The topological polar surface area (TPSA) is 523 Å². The van der Waals surface area contributed by atoms with Gasteiger partial charge in [-0.2, -0.15) is 12.6 Å². The molecule has 12 amide bonds. The third-order valence-corrected chi connectivity index (χ3v) is 15.7. The van der Waals surface area contributed by atoms with Crippen LogP contribution in [0.15, 0.2) is 4.99 Å². The minimum Gasteiger partial charge on any atom is -0.480 e. The van der Waals surface area contributed by atoms with Crippen LogP contribution in [0.1, 0.15) is 148 Å². The van der Waals surface area contributed by atoms with Gasteiger partial charge in [0.25, 0.3) is 0 Å². The first-order valence-electron chi connectivity index (χ1n) is 32.0. The lowest BCUT2D eigenvalue weighted by molar-refractivity contribution is -0.142. The van der Waals surface area contributed by atoms with E-state index < -0.39 is 199 Å². The summed E-state index contributed by atoms with van der Waals surface area (Å²) >= 11 is 4.05. The number of unbranched alkanes of at least 4 members (excludes halogenated alkanes) is 1. The maximum absolute atomic E-state index is 14.3. The van der Waals surface area contributed by atoms with Crippen LogP contribution in [0.5, 0.6) is 0 Å². The SMILES string of the molecule is CCC(C)[C@@H](NC(=O)[C@@H](CCCN=C(N)N)NC(=O)CNC(=O)[C@H](NC(=O)[C@H](NC(=O)[C@H](NC(=O)[C@H](NC(=O)[C@H](N)CS)C(C)C)C(C)C)C(C)CC)C(C)C)C(=O)N[C@@H](C(=O)N[C@H](CC(C)C)C(=O)N[C@H](CO)C(=O)NCC(=O)N[C@H](CCCCN)C(=O)O)C(C)C. The van der Waals surface area contributed by atoms with Gasteiger partial charge in [0.05, 0.1) is 25.7 Å². The second-order valence-electron chi connectivity index (χ2n) is 25.1. The van der Waals surface area contributed by atoms with Gasteiger partial charge in [-0.25, -0.2) is 4.79 Å². The summed E-state index contributed by atoms with van der Waals surface area (Å²) in [6, 6.07) is -13.9. The number of rotatable bonds is 45. The molecule has 0 aromatic heterocycles. The van der Waals surface area contributed by atoms with Gasteiger partial charge in [0.2, 0.25) is 70.9 Å². The van der Waals surface area contributed by atoms with Crippen LogP contribution in [-0.4, -0.2) is 198 Å². The Bertz CT molecular complexity index is 2500. The van der Waals surface area contributed by atoms with Crippen molar-refractivity contribution in [3.05, 3.63) is 0 Å². The average molecular weight is 1340 g/mol. The smallest absolute Gasteiger partial charge is 0.326 e. The van der Waals surface area contributed by atoms with Crippen LogP contribution in [0, 0.1) is 41.4 Å². The summed E-state index contributed by atoms with van der Waals surface area (Å²) in [6.07, 6.45) is 1.83. The molecular formula is C60H111N17O15S. The standard InChI is InChI=1S/C60H111N17O15S/c1-15-34(13)47(57(89)75-44(31(7)8)54(86)70-39(24-29(3)4)52(84)71-40(27-78)50(82)66-25-42(80)69-38(59(91)92)20-17-18-22-61)76-51(83)37(21-19-23-65-60(63)64)68-41(79)26-67-53(85)43(30(5)6)73-58(90)48(35(14)16-2)77-56(88)46(33(11)12)74-55(87)45(32(9)10)72-49(81)36(62)28-93/h29-40,43-48,78,93H,15-28,61-62H2,1-14H3,(H,66,82)(H,67,85)(H,68,79)(H,69,80)(H,70,86)(H,71,84)(H,72,81)(H,73,90)(H,74,87)(H,75,89)(H,76,83)(H,77,88)(H,91,92)(H4,63,64,65)/t34?,35?,36-,37-,38-,39-,40-,43-,44-,45-,46-,47-,48-/m1/s1. The number of carbonyl (C=O) groups is 13. The first kappa shape index (κ1) is 85.6. The van der Waals surface area contributed by atoms with Crippen LogP contribution >= 0.6 is 12.6 Å². The van der Waals surface area contributed by atoms with E-state index in [1.165, 1.54) is 0 Å². The quantitative estimate of drug-likeness (QED) is 0.0121. The average Bonchev–Trinajstić information content (AvgIpc) is 0.946. The molecule has 0 aliphatic heterocycles. The lowest BCUT2D eigenvalue weighted by Crippen LogP contribution is -2.62.